The van der Waals surface area contributed by atoms with Gasteiger partial charge < -0.3 is 15.4 Å². The molecule has 0 aliphatic rings. The zero-order chi connectivity index (χ0) is 18.1. The van der Waals surface area contributed by atoms with Gasteiger partial charge in [0.05, 0.1) is 6.61 Å². The van der Waals surface area contributed by atoms with E-state index >= 15 is 0 Å². The first-order chi connectivity index (χ1) is 11.3. The summed E-state index contributed by atoms with van der Waals surface area (Å²) in [6.45, 7) is 7.19. The molecule has 2 N–H and O–H groups in total. The number of rotatable bonds is 7. The van der Waals surface area contributed by atoms with Crippen LogP contribution in [-0.2, 0) is 19.1 Å². The number of hydrogen-bond donors (Lipinski definition) is 2. The molecule has 24 heavy (non-hydrogen) atoms. The van der Waals surface area contributed by atoms with E-state index in [2.05, 4.69) is 10.6 Å². The van der Waals surface area contributed by atoms with Gasteiger partial charge in [-0.2, -0.15) is 0 Å². The van der Waals surface area contributed by atoms with Crippen LogP contribution in [0.1, 0.15) is 33.3 Å². The predicted molar refractivity (Wildman–Crippen MR) is 93.2 cm³/mol. The van der Waals surface area contributed by atoms with E-state index in [9.17, 15) is 14.4 Å². The highest BCUT2D eigenvalue weighted by molar-refractivity contribution is 5.97. The largest absolute Gasteiger partial charge is 0.463 e. The van der Waals surface area contributed by atoms with Crippen LogP contribution in [0, 0.1) is 5.92 Å². The van der Waals surface area contributed by atoms with Crippen LogP contribution in [0.25, 0.3) is 6.08 Å². The third-order valence-electron chi connectivity index (χ3n) is 3.18. The Hall–Kier alpha value is -2.63. The van der Waals surface area contributed by atoms with Crippen LogP contribution < -0.4 is 10.6 Å². The summed E-state index contributed by atoms with van der Waals surface area (Å²) in [7, 11) is 0. The lowest BCUT2D eigenvalue weighted by Crippen LogP contribution is -2.46. The fraction of sp³-hybridized carbons (Fsp3) is 0.389. The Morgan fingerprint density at radius 3 is 2.29 bits per heavy atom. The maximum atomic E-state index is 12.3. The molecule has 0 aliphatic carbocycles. The molecule has 1 aromatic rings. The molecule has 0 saturated carbocycles. The summed E-state index contributed by atoms with van der Waals surface area (Å²) < 4.78 is 4.80. The van der Waals surface area contributed by atoms with Crippen LogP contribution in [0.15, 0.2) is 30.3 Å². The summed E-state index contributed by atoms with van der Waals surface area (Å²) in [5, 5.41) is 5.41. The molecule has 0 aliphatic heterocycles. The minimum atomic E-state index is -0.592. The van der Waals surface area contributed by atoms with Crippen molar-refractivity contribution in [2.45, 2.75) is 33.7 Å². The SMILES string of the molecule is CCOC(=O)C=Cc1ccc(NC(=O)C(NC(C)=O)C(C)C)cc1. The second-order valence-electron chi connectivity index (χ2n) is 5.62. The summed E-state index contributed by atoms with van der Waals surface area (Å²) in [6, 6.07) is 6.41. The summed E-state index contributed by atoms with van der Waals surface area (Å²) in [6.07, 6.45) is 2.99. The summed E-state index contributed by atoms with van der Waals surface area (Å²) in [4.78, 5) is 34.7. The molecule has 0 heterocycles. The molecule has 6 heteroatoms. The van der Waals surface area contributed by atoms with Gasteiger partial charge in [0, 0.05) is 18.7 Å². The molecule has 0 saturated heterocycles. The van der Waals surface area contributed by atoms with Crippen molar-refractivity contribution in [1.82, 2.24) is 5.32 Å². The van der Waals surface area contributed by atoms with Gasteiger partial charge in [-0.25, -0.2) is 4.79 Å². The average molecular weight is 332 g/mol. The quantitative estimate of drug-likeness (QED) is 0.593. The second kappa shape index (κ2) is 9.50. The lowest BCUT2D eigenvalue weighted by atomic mass is 10.0. The van der Waals surface area contributed by atoms with Gasteiger partial charge in [-0.3, -0.25) is 9.59 Å². The number of carbonyl (C=O) groups is 3. The van der Waals surface area contributed by atoms with E-state index in [1.165, 1.54) is 13.0 Å². The number of hydrogen-bond acceptors (Lipinski definition) is 4. The van der Waals surface area contributed by atoms with Crippen molar-refractivity contribution < 1.29 is 19.1 Å². The minimum absolute atomic E-state index is 0.0271. The molecule has 0 radical (unpaired) electrons. The molecule has 2 amide bonds. The molecule has 130 valence electrons. The fourth-order valence-corrected chi connectivity index (χ4v) is 2.01. The highest BCUT2D eigenvalue weighted by Gasteiger charge is 2.22. The number of anilines is 1. The first-order valence-corrected chi connectivity index (χ1v) is 7.86. The van der Waals surface area contributed by atoms with Crippen LogP contribution >= 0.6 is 0 Å². The molecule has 0 bridgehead atoms. The lowest BCUT2D eigenvalue weighted by Gasteiger charge is -2.20. The van der Waals surface area contributed by atoms with E-state index in [0.29, 0.717) is 12.3 Å². The monoisotopic (exact) mass is 332 g/mol. The van der Waals surface area contributed by atoms with Gasteiger partial charge in [0.15, 0.2) is 0 Å². The molecule has 0 aromatic heterocycles. The van der Waals surface area contributed by atoms with E-state index < -0.39 is 12.0 Å². The van der Waals surface area contributed by atoms with Gasteiger partial charge in [-0.05, 0) is 36.6 Å². The predicted octanol–water partition coefficient (Wildman–Crippen LogP) is 2.36. The molecule has 6 nitrogen and oxygen atoms in total. The number of benzene rings is 1. The molecule has 1 atom stereocenters. The molecule has 1 unspecified atom stereocenters. The summed E-state index contributed by atoms with van der Waals surface area (Å²) >= 11 is 0. The maximum absolute atomic E-state index is 12.3. The first-order valence-electron chi connectivity index (χ1n) is 7.86. The molecular weight excluding hydrogens is 308 g/mol. The Balaban J connectivity index is 2.70. The van der Waals surface area contributed by atoms with E-state index in [4.69, 9.17) is 4.74 Å². The maximum Gasteiger partial charge on any atom is 0.330 e. The van der Waals surface area contributed by atoms with Gasteiger partial charge >= 0.3 is 5.97 Å². The summed E-state index contributed by atoms with van der Waals surface area (Å²) in [5.74, 6) is -0.941. The van der Waals surface area contributed by atoms with Crippen molar-refractivity contribution in [3.63, 3.8) is 0 Å². The third-order valence-corrected chi connectivity index (χ3v) is 3.18. The van der Waals surface area contributed by atoms with E-state index in [1.54, 1.807) is 37.3 Å². The smallest absolute Gasteiger partial charge is 0.330 e. The number of ether oxygens (including phenoxy) is 1. The van der Waals surface area contributed by atoms with Crippen molar-refractivity contribution >= 4 is 29.5 Å². The van der Waals surface area contributed by atoms with Crippen molar-refractivity contribution in [1.29, 1.82) is 0 Å². The van der Waals surface area contributed by atoms with Crippen molar-refractivity contribution in [2.75, 3.05) is 11.9 Å². The van der Waals surface area contributed by atoms with E-state index in [1.807, 2.05) is 13.8 Å². The van der Waals surface area contributed by atoms with Crippen LogP contribution in [0.3, 0.4) is 0 Å². The van der Waals surface area contributed by atoms with E-state index in [-0.39, 0.29) is 17.7 Å². The Bertz CT molecular complexity index is 606. The average Bonchev–Trinajstić information content (AvgIpc) is 2.51. The summed E-state index contributed by atoms with van der Waals surface area (Å²) in [5.41, 5.74) is 1.42. The molecule has 1 aromatic carbocycles. The molecule has 0 spiro atoms. The van der Waals surface area contributed by atoms with Gasteiger partial charge in [-0.15, -0.1) is 0 Å². The number of amides is 2. The normalized spacial score (nSPS) is 12.0. The topological polar surface area (TPSA) is 84.5 Å². The lowest BCUT2D eigenvalue weighted by molar-refractivity contribution is -0.137. The van der Waals surface area contributed by atoms with Gasteiger partial charge in [0.2, 0.25) is 11.8 Å². The second-order valence-corrected chi connectivity index (χ2v) is 5.62. The van der Waals surface area contributed by atoms with Crippen LogP contribution in [-0.4, -0.2) is 30.4 Å². The standard InChI is InChI=1S/C18H24N2O4/c1-5-24-16(22)11-8-14-6-9-15(10-7-14)20-18(23)17(12(2)3)19-13(4)21/h6-12,17H,5H2,1-4H3,(H,19,21)(H,20,23). The van der Waals surface area contributed by atoms with Gasteiger partial charge in [0.1, 0.15) is 6.04 Å². The molecule has 1 rings (SSSR count). The Labute approximate surface area is 142 Å². The van der Waals surface area contributed by atoms with E-state index in [0.717, 1.165) is 5.56 Å². The molecular formula is C18H24N2O4. The third kappa shape index (κ3) is 6.64. The minimum Gasteiger partial charge on any atom is -0.463 e. The van der Waals surface area contributed by atoms with Crippen molar-refractivity contribution in [2.24, 2.45) is 5.92 Å². The Morgan fingerprint density at radius 2 is 1.79 bits per heavy atom. The van der Waals surface area contributed by atoms with Crippen molar-refractivity contribution in [3.05, 3.63) is 35.9 Å². The first kappa shape index (κ1) is 19.4. The number of carbonyl (C=O) groups excluding carboxylic acids is 3. The van der Waals surface area contributed by atoms with Crippen LogP contribution in [0.2, 0.25) is 0 Å². The number of esters is 1. The highest BCUT2D eigenvalue weighted by atomic mass is 16.5. The zero-order valence-corrected chi connectivity index (χ0v) is 14.5. The van der Waals surface area contributed by atoms with Crippen molar-refractivity contribution in [3.8, 4) is 0 Å². The Morgan fingerprint density at radius 1 is 1.17 bits per heavy atom. The van der Waals surface area contributed by atoms with Crippen LogP contribution in [0.5, 0.6) is 0 Å². The van der Waals surface area contributed by atoms with Gasteiger partial charge in [0.25, 0.3) is 0 Å². The van der Waals surface area contributed by atoms with Gasteiger partial charge in [-0.1, -0.05) is 26.0 Å². The van der Waals surface area contributed by atoms with Crippen LogP contribution in [0.4, 0.5) is 5.69 Å². The number of nitrogens with one attached hydrogen (secondary N) is 2. The Kier molecular flexibility index (Phi) is 7.68. The zero-order valence-electron chi connectivity index (χ0n) is 14.5. The highest BCUT2D eigenvalue weighted by Crippen LogP contribution is 2.13. The molecule has 0 fully saturated rings. The fourth-order valence-electron chi connectivity index (χ4n) is 2.01.